The van der Waals surface area contributed by atoms with Crippen LogP contribution in [0.1, 0.15) is 17.2 Å². The molecule has 0 spiro atoms. The van der Waals surface area contributed by atoms with E-state index in [4.69, 9.17) is 10.5 Å². The second kappa shape index (κ2) is 4.38. The first-order valence-corrected chi connectivity index (χ1v) is 5.89. The second-order valence-corrected chi connectivity index (χ2v) is 4.37. The van der Waals surface area contributed by atoms with Crippen molar-refractivity contribution in [3.8, 4) is 11.5 Å². The average molecular weight is 244 g/mol. The third kappa shape index (κ3) is 1.84. The smallest absolute Gasteiger partial charge is 0.148 e. The third-order valence-electron chi connectivity index (χ3n) is 3.20. The molecule has 0 radical (unpaired) electrons. The van der Waals surface area contributed by atoms with Crippen molar-refractivity contribution in [3.63, 3.8) is 0 Å². The molecule has 1 atom stereocenters. The van der Waals surface area contributed by atoms with Crippen molar-refractivity contribution in [3.05, 3.63) is 53.6 Å². The fraction of sp³-hybridized carbons (Fsp3) is 0.214. The lowest BCUT2D eigenvalue weighted by molar-refractivity contribution is 0.473. The minimum Gasteiger partial charge on any atom is -0.455 e. The van der Waals surface area contributed by atoms with Crippen LogP contribution in [0.25, 0.3) is 0 Å². The summed E-state index contributed by atoms with van der Waals surface area (Å²) in [5.74, 6) is 1.15. The number of aromatic nitrogens is 1. The Kier molecular flexibility index (Phi) is 2.72. The first kappa shape index (κ1) is 11.2. The number of hydrogen-bond acceptors (Lipinski definition) is 3. The molecule has 92 valence electrons. The highest BCUT2D eigenvalue weighted by Gasteiger charge is 2.23. The molecule has 2 N–H and O–H groups in total. The summed E-state index contributed by atoms with van der Waals surface area (Å²) >= 11 is 0. The zero-order valence-electron chi connectivity index (χ0n) is 9.77. The number of ether oxygens (including phenoxy) is 1. The number of nitrogens with two attached hydrogens (primary N) is 1. The Morgan fingerprint density at radius 2 is 2.22 bits per heavy atom. The molecule has 4 heteroatoms. The molecule has 1 aromatic carbocycles. The summed E-state index contributed by atoms with van der Waals surface area (Å²) in [4.78, 5) is 4.31. The molecule has 2 heterocycles. The minimum absolute atomic E-state index is 0.0341. The van der Waals surface area contributed by atoms with Gasteiger partial charge in [0.05, 0.1) is 5.69 Å². The van der Waals surface area contributed by atoms with E-state index in [0.717, 1.165) is 17.0 Å². The molecule has 1 aromatic heterocycles. The van der Waals surface area contributed by atoms with Crippen LogP contribution in [0.4, 0.5) is 4.39 Å². The average Bonchev–Trinajstić information content (AvgIpc) is 2.54. The highest BCUT2D eigenvalue weighted by atomic mass is 19.1. The molecule has 3 rings (SSSR count). The van der Waals surface area contributed by atoms with Crippen LogP contribution in [0.2, 0.25) is 0 Å². The molecule has 2 aromatic rings. The maximum absolute atomic E-state index is 13.4. The summed E-state index contributed by atoms with van der Waals surface area (Å²) in [6.45, 7) is 0.440. The molecule has 0 aliphatic carbocycles. The van der Waals surface area contributed by atoms with Gasteiger partial charge in [0.25, 0.3) is 0 Å². The zero-order chi connectivity index (χ0) is 12.5. The number of pyridine rings is 1. The summed E-state index contributed by atoms with van der Waals surface area (Å²) in [5, 5.41) is 0. The zero-order valence-corrected chi connectivity index (χ0v) is 9.77. The monoisotopic (exact) mass is 244 g/mol. The maximum atomic E-state index is 13.4. The van der Waals surface area contributed by atoms with Crippen molar-refractivity contribution in [1.29, 1.82) is 0 Å². The lowest BCUT2D eigenvalue weighted by Crippen LogP contribution is -2.15. The highest BCUT2D eigenvalue weighted by molar-refractivity contribution is 5.45. The van der Waals surface area contributed by atoms with Gasteiger partial charge in [-0.1, -0.05) is 0 Å². The van der Waals surface area contributed by atoms with Crippen LogP contribution in [0.15, 0.2) is 36.5 Å². The molecule has 0 unspecified atom stereocenters. The van der Waals surface area contributed by atoms with Crippen LogP contribution in [0, 0.1) is 5.82 Å². The first-order valence-electron chi connectivity index (χ1n) is 5.89. The van der Waals surface area contributed by atoms with Gasteiger partial charge >= 0.3 is 0 Å². The summed E-state index contributed by atoms with van der Waals surface area (Å²) in [6, 6.07) is 8.24. The Bertz CT molecular complexity index is 586. The Hall–Kier alpha value is -1.94. The molecule has 0 saturated heterocycles. The van der Waals surface area contributed by atoms with Gasteiger partial charge in [0.15, 0.2) is 0 Å². The molecular formula is C14H13FN2O. The SMILES string of the molecule is NC[C@H]1Cc2ncccc2Oc2ccc(F)cc21. The van der Waals surface area contributed by atoms with Crippen molar-refractivity contribution >= 4 is 0 Å². The molecule has 1 aliphatic heterocycles. The number of rotatable bonds is 1. The van der Waals surface area contributed by atoms with Gasteiger partial charge in [-0.25, -0.2) is 4.39 Å². The standard InChI is InChI=1S/C14H13FN2O/c15-10-3-4-13-11(7-10)9(8-16)6-12-14(18-13)2-1-5-17-12/h1-5,7,9H,6,8,16H2/t9-/m1/s1. The lowest BCUT2D eigenvalue weighted by Gasteiger charge is -2.13. The number of benzene rings is 1. The third-order valence-corrected chi connectivity index (χ3v) is 3.20. The minimum atomic E-state index is -0.269. The van der Waals surface area contributed by atoms with Gasteiger partial charge in [-0.2, -0.15) is 0 Å². The van der Waals surface area contributed by atoms with Crippen molar-refractivity contribution < 1.29 is 9.13 Å². The van der Waals surface area contributed by atoms with Gasteiger partial charge in [0.1, 0.15) is 17.3 Å². The molecule has 0 saturated carbocycles. The van der Waals surface area contributed by atoms with Gasteiger partial charge in [0.2, 0.25) is 0 Å². The maximum Gasteiger partial charge on any atom is 0.148 e. The molecule has 3 nitrogen and oxygen atoms in total. The summed E-state index contributed by atoms with van der Waals surface area (Å²) < 4.78 is 19.2. The molecular weight excluding hydrogens is 231 g/mol. The topological polar surface area (TPSA) is 48.1 Å². The van der Waals surface area contributed by atoms with Crippen molar-refractivity contribution in [2.75, 3.05) is 6.54 Å². The van der Waals surface area contributed by atoms with E-state index in [2.05, 4.69) is 4.98 Å². The fourth-order valence-corrected chi connectivity index (χ4v) is 2.27. The summed E-state index contributed by atoms with van der Waals surface area (Å²) in [6.07, 6.45) is 2.40. The van der Waals surface area contributed by atoms with Crippen LogP contribution in [-0.2, 0) is 6.42 Å². The molecule has 18 heavy (non-hydrogen) atoms. The van der Waals surface area contributed by atoms with Gasteiger partial charge in [-0.15, -0.1) is 0 Å². The quantitative estimate of drug-likeness (QED) is 0.838. The van der Waals surface area contributed by atoms with E-state index in [9.17, 15) is 4.39 Å². The number of halogens is 1. The normalized spacial score (nSPS) is 17.3. The highest BCUT2D eigenvalue weighted by Crippen LogP contribution is 2.38. The van der Waals surface area contributed by atoms with E-state index in [-0.39, 0.29) is 11.7 Å². The van der Waals surface area contributed by atoms with Gasteiger partial charge in [0, 0.05) is 24.1 Å². The number of fused-ring (bicyclic) bond motifs is 2. The number of hydrogen-bond donors (Lipinski definition) is 1. The van der Waals surface area contributed by atoms with Crippen LogP contribution < -0.4 is 10.5 Å². The van der Waals surface area contributed by atoms with Gasteiger partial charge in [-0.05, 0) is 36.9 Å². The Morgan fingerprint density at radius 1 is 1.33 bits per heavy atom. The summed E-state index contributed by atoms with van der Waals surface area (Å²) in [7, 11) is 0. The first-order chi connectivity index (χ1) is 8.78. The molecule has 0 amide bonds. The second-order valence-electron chi connectivity index (χ2n) is 4.37. The van der Waals surface area contributed by atoms with E-state index in [1.807, 2.05) is 12.1 Å². The van der Waals surface area contributed by atoms with Gasteiger partial charge in [-0.3, -0.25) is 4.98 Å². The van der Waals surface area contributed by atoms with E-state index >= 15 is 0 Å². The fourth-order valence-electron chi connectivity index (χ4n) is 2.27. The Labute approximate surface area is 104 Å². The van der Waals surface area contributed by atoms with Gasteiger partial charge < -0.3 is 10.5 Å². The predicted molar refractivity (Wildman–Crippen MR) is 66.2 cm³/mol. The lowest BCUT2D eigenvalue weighted by atomic mass is 9.94. The van der Waals surface area contributed by atoms with E-state index in [0.29, 0.717) is 18.7 Å². The van der Waals surface area contributed by atoms with Crippen LogP contribution in [0.3, 0.4) is 0 Å². The van der Waals surface area contributed by atoms with Crippen molar-refractivity contribution in [1.82, 2.24) is 4.98 Å². The van der Waals surface area contributed by atoms with Crippen molar-refractivity contribution in [2.45, 2.75) is 12.3 Å². The Balaban J connectivity index is 2.14. The van der Waals surface area contributed by atoms with E-state index in [1.165, 1.54) is 12.1 Å². The Morgan fingerprint density at radius 3 is 3.06 bits per heavy atom. The largest absolute Gasteiger partial charge is 0.455 e. The molecule has 1 aliphatic rings. The number of nitrogens with zero attached hydrogens (tertiary/aromatic N) is 1. The van der Waals surface area contributed by atoms with E-state index in [1.54, 1.807) is 12.3 Å². The van der Waals surface area contributed by atoms with Crippen molar-refractivity contribution in [2.24, 2.45) is 5.73 Å². The predicted octanol–water partition coefficient (Wildman–Crippen LogP) is 2.61. The van der Waals surface area contributed by atoms with Crippen LogP contribution in [-0.4, -0.2) is 11.5 Å². The molecule has 0 fully saturated rings. The van der Waals surface area contributed by atoms with Crippen LogP contribution in [0.5, 0.6) is 11.5 Å². The molecule has 0 bridgehead atoms. The van der Waals surface area contributed by atoms with Crippen LogP contribution >= 0.6 is 0 Å². The summed E-state index contributed by atoms with van der Waals surface area (Å²) in [5.41, 5.74) is 7.47. The van der Waals surface area contributed by atoms with E-state index < -0.39 is 0 Å².